The molecule has 0 aromatic heterocycles. The predicted molar refractivity (Wildman–Crippen MR) is 48.1 cm³/mol. The van der Waals surface area contributed by atoms with Crippen LogP contribution in [-0.2, 0) is 4.74 Å². The second-order valence-electron chi connectivity index (χ2n) is 4.75. The minimum Gasteiger partial charge on any atom is -0.396 e. The summed E-state index contributed by atoms with van der Waals surface area (Å²) in [5.41, 5.74) is 0.116. The van der Waals surface area contributed by atoms with Crippen LogP contribution < -0.4 is 5.32 Å². The number of hydrogen-bond donors (Lipinski definition) is 2. The van der Waals surface area contributed by atoms with Crippen LogP contribution >= 0.6 is 0 Å². The Morgan fingerprint density at radius 1 is 1.42 bits per heavy atom. The standard InChI is InChI=1S/C9H19NO2/c1-8(2,3)10-4-9(5-11)6-12-7-9/h10-11H,4-7H2,1-3H3. The number of hydrogen-bond acceptors (Lipinski definition) is 3. The summed E-state index contributed by atoms with van der Waals surface area (Å²) in [6.45, 7) is 8.80. The normalized spacial score (nSPS) is 22.0. The molecule has 0 unspecified atom stereocenters. The Hall–Kier alpha value is -0.120. The molecule has 0 aliphatic carbocycles. The average Bonchev–Trinajstić information content (AvgIpc) is 1.84. The molecular formula is C9H19NO2. The lowest BCUT2D eigenvalue weighted by molar-refractivity contribution is -0.136. The highest BCUT2D eigenvalue weighted by atomic mass is 16.5. The molecule has 72 valence electrons. The third-order valence-corrected chi connectivity index (χ3v) is 2.15. The van der Waals surface area contributed by atoms with Gasteiger partial charge in [0.25, 0.3) is 0 Å². The van der Waals surface area contributed by atoms with E-state index < -0.39 is 0 Å². The Bertz CT molecular complexity index is 142. The molecule has 0 amide bonds. The minimum absolute atomic E-state index is 0.00667. The highest BCUT2D eigenvalue weighted by Crippen LogP contribution is 2.26. The summed E-state index contributed by atoms with van der Waals surface area (Å²) in [6.07, 6.45) is 0. The van der Waals surface area contributed by atoms with Crippen molar-refractivity contribution in [2.45, 2.75) is 26.3 Å². The monoisotopic (exact) mass is 173 g/mol. The first-order valence-electron chi connectivity index (χ1n) is 4.41. The van der Waals surface area contributed by atoms with Gasteiger partial charge in [-0.1, -0.05) is 0 Å². The van der Waals surface area contributed by atoms with E-state index in [1.165, 1.54) is 0 Å². The fourth-order valence-corrected chi connectivity index (χ4v) is 1.09. The lowest BCUT2D eigenvalue weighted by Crippen LogP contribution is -2.55. The first-order chi connectivity index (χ1) is 5.47. The van der Waals surface area contributed by atoms with Crippen LogP contribution in [0.1, 0.15) is 20.8 Å². The molecule has 1 aliphatic rings. The molecule has 0 radical (unpaired) electrons. The Kier molecular flexibility index (Phi) is 2.76. The first-order valence-corrected chi connectivity index (χ1v) is 4.41. The van der Waals surface area contributed by atoms with Gasteiger partial charge in [0.1, 0.15) is 0 Å². The number of ether oxygens (including phenoxy) is 1. The van der Waals surface area contributed by atoms with E-state index in [1.54, 1.807) is 0 Å². The molecule has 1 heterocycles. The Labute approximate surface area is 74.1 Å². The number of aliphatic hydroxyl groups is 1. The summed E-state index contributed by atoms with van der Waals surface area (Å²) >= 11 is 0. The van der Waals surface area contributed by atoms with E-state index in [2.05, 4.69) is 26.1 Å². The van der Waals surface area contributed by atoms with Crippen LogP contribution in [0.25, 0.3) is 0 Å². The molecule has 0 saturated carbocycles. The lowest BCUT2D eigenvalue weighted by Gasteiger charge is -2.41. The van der Waals surface area contributed by atoms with Gasteiger partial charge in [-0.25, -0.2) is 0 Å². The van der Waals surface area contributed by atoms with Gasteiger partial charge in [0, 0.05) is 12.1 Å². The van der Waals surface area contributed by atoms with Gasteiger partial charge in [-0.15, -0.1) is 0 Å². The topological polar surface area (TPSA) is 41.5 Å². The van der Waals surface area contributed by atoms with Crippen molar-refractivity contribution >= 4 is 0 Å². The molecule has 0 aromatic carbocycles. The fourth-order valence-electron chi connectivity index (χ4n) is 1.09. The molecule has 1 fully saturated rings. The largest absolute Gasteiger partial charge is 0.396 e. The van der Waals surface area contributed by atoms with Gasteiger partial charge in [-0.3, -0.25) is 0 Å². The quantitative estimate of drug-likeness (QED) is 0.648. The second kappa shape index (κ2) is 3.32. The van der Waals surface area contributed by atoms with Crippen molar-refractivity contribution < 1.29 is 9.84 Å². The Balaban J connectivity index is 2.30. The van der Waals surface area contributed by atoms with Crippen LogP contribution in [0.3, 0.4) is 0 Å². The Morgan fingerprint density at radius 2 is 2.00 bits per heavy atom. The van der Waals surface area contributed by atoms with Gasteiger partial charge in [0.2, 0.25) is 0 Å². The average molecular weight is 173 g/mol. The van der Waals surface area contributed by atoms with Gasteiger partial charge in [0.05, 0.1) is 25.2 Å². The van der Waals surface area contributed by atoms with Gasteiger partial charge >= 0.3 is 0 Å². The van der Waals surface area contributed by atoms with Gasteiger partial charge in [-0.05, 0) is 20.8 Å². The number of aliphatic hydroxyl groups excluding tert-OH is 1. The van der Waals surface area contributed by atoms with Crippen molar-refractivity contribution in [1.82, 2.24) is 5.32 Å². The van der Waals surface area contributed by atoms with Crippen LogP contribution in [0, 0.1) is 5.41 Å². The maximum Gasteiger partial charge on any atom is 0.0579 e. The smallest absolute Gasteiger partial charge is 0.0579 e. The summed E-state index contributed by atoms with van der Waals surface area (Å²) in [5.74, 6) is 0. The van der Waals surface area contributed by atoms with E-state index in [0.717, 1.165) is 6.54 Å². The highest BCUT2D eigenvalue weighted by molar-refractivity contribution is 4.89. The molecule has 0 spiro atoms. The zero-order chi connectivity index (χ0) is 9.24. The lowest BCUT2D eigenvalue weighted by atomic mass is 9.86. The van der Waals surface area contributed by atoms with E-state index >= 15 is 0 Å². The molecule has 0 aromatic rings. The SMILES string of the molecule is CC(C)(C)NCC1(CO)COC1. The van der Waals surface area contributed by atoms with Crippen molar-refractivity contribution in [2.24, 2.45) is 5.41 Å². The number of rotatable bonds is 3. The van der Waals surface area contributed by atoms with Crippen LogP contribution in [0.2, 0.25) is 0 Å². The van der Waals surface area contributed by atoms with E-state index in [9.17, 15) is 0 Å². The number of nitrogens with one attached hydrogen (secondary N) is 1. The van der Waals surface area contributed by atoms with Crippen molar-refractivity contribution in [3.63, 3.8) is 0 Å². The third kappa shape index (κ3) is 2.44. The van der Waals surface area contributed by atoms with Gasteiger partial charge in [0.15, 0.2) is 0 Å². The zero-order valence-corrected chi connectivity index (χ0v) is 8.18. The van der Waals surface area contributed by atoms with E-state index in [1.807, 2.05) is 0 Å². The summed E-state index contributed by atoms with van der Waals surface area (Å²) in [5, 5.41) is 12.5. The second-order valence-corrected chi connectivity index (χ2v) is 4.75. The fraction of sp³-hybridized carbons (Fsp3) is 1.00. The molecule has 1 aliphatic heterocycles. The predicted octanol–water partition coefficient (Wildman–Crippen LogP) is 0.383. The van der Waals surface area contributed by atoms with Crippen LogP contribution in [-0.4, -0.2) is 37.0 Å². The summed E-state index contributed by atoms with van der Waals surface area (Å²) in [6, 6.07) is 0. The van der Waals surface area contributed by atoms with Crippen molar-refractivity contribution in [3.8, 4) is 0 Å². The molecule has 3 nitrogen and oxygen atoms in total. The van der Waals surface area contributed by atoms with Crippen LogP contribution in [0.5, 0.6) is 0 Å². The molecule has 2 N–H and O–H groups in total. The van der Waals surface area contributed by atoms with E-state index in [-0.39, 0.29) is 17.6 Å². The van der Waals surface area contributed by atoms with Gasteiger partial charge in [-0.2, -0.15) is 0 Å². The molecule has 0 bridgehead atoms. The van der Waals surface area contributed by atoms with Gasteiger partial charge < -0.3 is 15.2 Å². The van der Waals surface area contributed by atoms with E-state index in [0.29, 0.717) is 13.2 Å². The van der Waals surface area contributed by atoms with Crippen molar-refractivity contribution in [3.05, 3.63) is 0 Å². The molecule has 1 saturated heterocycles. The maximum absolute atomic E-state index is 9.11. The third-order valence-electron chi connectivity index (χ3n) is 2.15. The van der Waals surface area contributed by atoms with E-state index in [4.69, 9.17) is 9.84 Å². The molecule has 0 atom stereocenters. The first kappa shape index (κ1) is 9.96. The summed E-state index contributed by atoms with van der Waals surface area (Å²) in [7, 11) is 0. The highest BCUT2D eigenvalue weighted by Gasteiger charge is 2.38. The summed E-state index contributed by atoms with van der Waals surface area (Å²) < 4.78 is 5.09. The zero-order valence-electron chi connectivity index (χ0n) is 8.18. The van der Waals surface area contributed by atoms with Crippen molar-refractivity contribution in [2.75, 3.05) is 26.4 Å². The Morgan fingerprint density at radius 3 is 2.25 bits per heavy atom. The minimum atomic E-state index is -0.00667. The molecule has 3 heteroatoms. The summed E-state index contributed by atoms with van der Waals surface area (Å²) in [4.78, 5) is 0. The van der Waals surface area contributed by atoms with Crippen molar-refractivity contribution in [1.29, 1.82) is 0 Å². The molecule has 1 rings (SSSR count). The van der Waals surface area contributed by atoms with Crippen LogP contribution in [0.4, 0.5) is 0 Å². The molecule has 12 heavy (non-hydrogen) atoms. The molecular weight excluding hydrogens is 154 g/mol. The maximum atomic E-state index is 9.11. The van der Waals surface area contributed by atoms with Crippen LogP contribution in [0.15, 0.2) is 0 Å².